The highest BCUT2D eigenvalue weighted by molar-refractivity contribution is 7.80. The molecule has 0 aliphatic carbocycles. The summed E-state index contributed by atoms with van der Waals surface area (Å²) in [4.78, 5) is 16.4. The van der Waals surface area contributed by atoms with Crippen LogP contribution in [0.2, 0.25) is 0 Å². The quantitative estimate of drug-likeness (QED) is 0.515. The molecule has 0 N–H and O–H groups in total. The minimum Gasteiger partial charge on any atom is -0.347 e. The molecule has 130 valence electrons. The van der Waals surface area contributed by atoms with Gasteiger partial charge in [0.25, 0.3) is 5.91 Å². The minimum atomic E-state index is -0.1000. The summed E-state index contributed by atoms with van der Waals surface area (Å²) in [6.45, 7) is 2.99. The highest BCUT2D eigenvalue weighted by atomic mass is 32.1. The second-order valence-corrected chi connectivity index (χ2v) is 6.60. The molecular formula is C21H19N3OS. The number of hydrogen-bond donors (Lipinski definition) is 0. The SMILES string of the molecule is CCn1cc(/C=C2/C(=O)N(c3ccccc3)C(=S)N2C)c2ccccc21. The van der Waals surface area contributed by atoms with E-state index in [0.29, 0.717) is 10.8 Å². The van der Waals surface area contributed by atoms with Crippen molar-refractivity contribution in [1.82, 2.24) is 9.47 Å². The van der Waals surface area contributed by atoms with E-state index >= 15 is 0 Å². The molecule has 4 rings (SSSR count). The van der Waals surface area contributed by atoms with Crippen LogP contribution >= 0.6 is 12.2 Å². The molecule has 0 spiro atoms. The summed E-state index contributed by atoms with van der Waals surface area (Å²) < 4.78 is 2.19. The van der Waals surface area contributed by atoms with Gasteiger partial charge in [-0.2, -0.15) is 0 Å². The Labute approximate surface area is 157 Å². The lowest BCUT2D eigenvalue weighted by atomic mass is 10.1. The summed E-state index contributed by atoms with van der Waals surface area (Å²) in [7, 11) is 1.84. The molecule has 1 fully saturated rings. The van der Waals surface area contributed by atoms with Crippen LogP contribution in [0.3, 0.4) is 0 Å². The van der Waals surface area contributed by atoms with Gasteiger partial charge in [0, 0.05) is 36.3 Å². The number of likely N-dealkylation sites (N-methyl/N-ethyl adjacent to an activating group) is 1. The first kappa shape index (κ1) is 16.5. The van der Waals surface area contributed by atoms with Gasteiger partial charge in [0.05, 0.1) is 5.69 Å². The molecule has 3 aromatic rings. The van der Waals surface area contributed by atoms with Gasteiger partial charge in [0.2, 0.25) is 0 Å². The molecule has 2 aromatic carbocycles. The number of amides is 1. The molecule has 0 unspecified atom stereocenters. The van der Waals surface area contributed by atoms with Gasteiger partial charge in [-0.05, 0) is 43.4 Å². The summed E-state index contributed by atoms with van der Waals surface area (Å²) in [5.74, 6) is -0.1000. The van der Waals surface area contributed by atoms with Gasteiger partial charge in [0.1, 0.15) is 5.70 Å². The van der Waals surface area contributed by atoms with Crippen molar-refractivity contribution in [2.75, 3.05) is 11.9 Å². The van der Waals surface area contributed by atoms with E-state index in [4.69, 9.17) is 12.2 Å². The second-order valence-electron chi connectivity index (χ2n) is 6.23. The number of nitrogens with zero attached hydrogens (tertiary/aromatic N) is 3. The minimum absolute atomic E-state index is 0.1000. The zero-order valence-corrected chi connectivity index (χ0v) is 15.5. The summed E-state index contributed by atoms with van der Waals surface area (Å²) in [5.41, 5.74) is 3.55. The van der Waals surface area contributed by atoms with Gasteiger partial charge in [-0.3, -0.25) is 9.69 Å². The van der Waals surface area contributed by atoms with Crippen LogP contribution in [-0.4, -0.2) is 27.5 Å². The number of benzene rings is 2. The lowest BCUT2D eigenvalue weighted by molar-refractivity contribution is -0.114. The first-order valence-electron chi connectivity index (χ1n) is 8.58. The predicted molar refractivity (Wildman–Crippen MR) is 110 cm³/mol. The van der Waals surface area contributed by atoms with Gasteiger partial charge < -0.3 is 9.47 Å². The number of anilines is 1. The lowest BCUT2D eigenvalue weighted by Gasteiger charge is -2.16. The topological polar surface area (TPSA) is 28.5 Å². The number of aromatic nitrogens is 1. The number of thiocarbonyl (C=S) groups is 1. The summed E-state index contributed by atoms with van der Waals surface area (Å²) in [5, 5.41) is 1.62. The molecule has 5 heteroatoms. The van der Waals surface area contributed by atoms with E-state index < -0.39 is 0 Å². The van der Waals surface area contributed by atoms with E-state index in [0.717, 1.165) is 28.7 Å². The lowest BCUT2D eigenvalue weighted by Crippen LogP contribution is -2.30. The monoisotopic (exact) mass is 361 g/mol. The molecule has 1 aliphatic heterocycles. The molecule has 26 heavy (non-hydrogen) atoms. The van der Waals surface area contributed by atoms with Gasteiger partial charge in [0.15, 0.2) is 5.11 Å². The Balaban J connectivity index is 1.81. The fourth-order valence-electron chi connectivity index (χ4n) is 3.36. The third-order valence-corrected chi connectivity index (χ3v) is 5.18. The number of fused-ring (bicyclic) bond motifs is 1. The van der Waals surface area contributed by atoms with Crippen molar-refractivity contribution in [3.05, 3.63) is 72.1 Å². The molecule has 1 aliphatic rings. The van der Waals surface area contributed by atoms with Crippen LogP contribution in [0.15, 0.2) is 66.5 Å². The first-order valence-corrected chi connectivity index (χ1v) is 8.99. The molecule has 0 saturated carbocycles. The third-order valence-electron chi connectivity index (χ3n) is 4.73. The molecule has 1 saturated heterocycles. The predicted octanol–water partition coefficient (Wildman–Crippen LogP) is 4.27. The standard InChI is InChI=1S/C21H19N3OS/c1-3-23-14-15(17-11-7-8-12-18(17)23)13-19-20(25)24(21(26)22(19)2)16-9-5-4-6-10-16/h4-14H,3H2,1-2H3/b19-13-. The Morgan fingerprint density at radius 2 is 1.73 bits per heavy atom. The van der Waals surface area contributed by atoms with E-state index in [1.807, 2.05) is 55.6 Å². The first-order chi connectivity index (χ1) is 12.6. The fraction of sp³-hybridized carbons (Fsp3) is 0.143. The second kappa shape index (κ2) is 6.42. The van der Waals surface area contributed by atoms with Crippen molar-refractivity contribution in [2.24, 2.45) is 0 Å². The Kier molecular flexibility index (Phi) is 4.09. The number of aryl methyl sites for hydroxylation is 1. The van der Waals surface area contributed by atoms with Crippen LogP contribution < -0.4 is 4.90 Å². The van der Waals surface area contributed by atoms with Crippen molar-refractivity contribution in [2.45, 2.75) is 13.5 Å². The summed E-state index contributed by atoms with van der Waals surface area (Å²) in [6, 6.07) is 17.8. The average molecular weight is 361 g/mol. The smallest absolute Gasteiger partial charge is 0.281 e. The van der Waals surface area contributed by atoms with Gasteiger partial charge in [-0.25, -0.2) is 0 Å². The molecule has 0 bridgehead atoms. The molecular weight excluding hydrogens is 342 g/mol. The molecule has 4 nitrogen and oxygen atoms in total. The van der Waals surface area contributed by atoms with Crippen LogP contribution in [0.4, 0.5) is 5.69 Å². The van der Waals surface area contributed by atoms with Crippen molar-refractivity contribution in [1.29, 1.82) is 0 Å². The molecule has 1 amide bonds. The number of carbonyl (C=O) groups excluding carboxylic acids is 1. The maximum absolute atomic E-state index is 13.1. The van der Waals surface area contributed by atoms with E-state index in [2.05, 4.69) is 29.8 Å². The zero-order valence-electron chi connectivity index (χ0n) is 14.7. The van der Waals surface area contributed by atoms with E-state index in [1.165, 1.54) is 0 Å². The largest absolute Gasteiger partial charge is 0.347 e. The van der Waals surface area contributed by atoms with Crippen LogP contribution in [-0.2, 0) is 11.3 Å². The van der Waals surface area contributed by atoms with Crippen LogP contribution in [0.25, 0.3) is 17.0 Å². The van der Waals surface area contributed by atoms with Crippen molar-refractivity contribution in [3.63, 3.8) is 0 Å². The van der Waals surface area contributed by atoms with Crippen LogP contribution in [0, 0.1) is 0 Å². The van der Waals surface area contributed by atoms with Gasteiger partial charge >= 0.3 is 0 Å². The Morgan fingerprint density at radius 1 is 1.04 bits per heavy atom. The zero-order chi connectivity index (χ0) is 18.3. The van der Waals surface area contributed by atoms with Crippen molar-refractivity contribution < 1.29 is 4.79 Å². The Morgan fingerprint density at radius 3 is 2.46 bits per heavy atom. The molecule has 2 heterocycles. The van der Waals surface area contributed by atoms with E-state index in [9.17, 15) is 4.79 Å². The number of carbonyl (C=O) groups is 1. The van der Waals surface area contributed by atoms with E-state index in [-0.39, 0.29) is 5.91 Å². The highest BCUT2D eigenvalue weighted by Gasteiger charge is 2.36. The fourth-order valence-corrected chi connectivity index (χ4v) is 3.65. The average Bonchev–Trinajstić information content (AvgIpc) is 3.13. The molecule has 0 atom stereocenters. The van der Waals surface area contributed by atoms with Crippen molar-refractivity contribution in [3.8, 4) is 0 Å². The van der Waals surface area contributed by atoms with Gasteiger partial charge in [-0.15, -0.1) is 0 Å². The van der Waals surface area contributed by atoms with E-state index in [1.54, 1.807) is 9.80 Å². The van der Waals surface area contributed by atoms with Crippen LogP contribution in [0.5, 0.6) is 0 Å². The normalized spacial score (nSPS) is 16.3. The Hall–Kier alpha value is -2.92. The Bertz CT molecular complexity index is 1040. The maximum Gasteiger partial charge on any atom is 0.281 e. The number of hydrogen-bond acceptors (Lipinski definition) is 2. The summed E-state index contributed by atoms with van der Waals surface area (Å²) >= 11 is 5.52. The highest BCUT2D eigenvalue weighted by Crippen LogP contribution is 2.30. The van der Waals surface area contributed by atoms with Crippen LogP contribution in [0.1, 0.15) is 12.5 Å². The number of para-hydroxylation sites is 2. The number of rotatable bonds is 3. The van der Waals surface area contributed by atoms with Crippen molar-refractivity contribution >= 4 is 45.9 Å². The third kappa shape index (κ3) is 2.52. The molecule has 0 radical (unpaired) electrons. The van der Waals surface area contributed by atoms with Gasteiger partial charge in [-0.1, -0.05) is 36.4 Å². The summed E-state index contributed by atoms with van der Waals surface area (Å²) in [6.07, 6.45) is 4.03. The molecule has 1 aromatic heterocycles. The maximum atomic E-state index is 13.1.